The zero-order chi connectivity index (χ0) is 18.4. The van der Waals surface area contributed by atoms with Gasteiger partial charge < -0.3 is 10.5 Å². The molecule has 1 aromatic heterocycles. The first-order chi connectivity index (χ1) is 11.8. The van der Waals surface area contributed by atoms with Gasteiger partial charge in [0.1, 0.15) is 12.2 Å². The molecule has 1 aromatic carbocycles. The number of hydrogen-bond donors (Lipinski definition) is 2. The number of quaternary nitrogens is 1. The van der Waals surface area contributed by atoms with Crippen LogP contribution in [0, 0.1) is 0 Å². The van der Waals surface area contributed by atoms with Gasteiger partial charge in [0.25, 0.3) is 5.91 Å². The van der Waals surface area contributed by atoms with Crippen LogP contribution in [-0.2, 0) is 11.2 Å². The molecule has 0 saturated carbocycles. The third-order valence-corrected chi connectivity index (χ3v) is 3.45. The second kappa shape index (κ2) is 8.03. The molecule has 0 bridgehead atoms. The van der Waals surface area contributed by atoms with E-state index < -0.39 is 30.3 Å². The lowest BCUT2D eigenvalue weighted by Crippen LogP contribution is -2.51. The predicted molar refractivity (Wildman–Crippen MR) is 82.1 cm³/mol. The maximum atomic E-state index is 12.3. The second-order valence-corrected chi connectivity index (χ2v) is 5.59. The molecule has 7 nitrogen and oxygen atoms in total. The number of halogens is 3. The van der Waals surface area contributed by atoms with Crippen LogP contribution in [0.2, 0.25) is 0 Å². The number of hydrogen-bond acceptors (Lipinski definition) is 6. The molecular weight excluding hydrogens is 361 g/mol. The number of nitrogens with one attached hydrogen (secondary N) is 1. The Kier molecular flexibility index (Phi) is 6.04. The summed E-state index contributed by atoms with van der Waals surface area (Å²) in [5.74, 6) is -1.60. The normalized spacial score (nSPS) is 11.2. The summed E-state index contributed by atoms with van der Waals surface area (Å²) < 4.78 is 45.5. The molecule has 4 N–H and O–H groups in total. The highest BCUT2D eigenvalue weighted by atomic mass is 32.1. The van der Waals surface area contributed by atoms with Gasteiger partial charge in [0, 0.05) is 11.5 Å². The number of anilines is 1. The fraction of sp³-hybridized carbons (Fsp3) is 0.286. The lowest BCUT2D eigenvalue weighted by Gasteiger charge is -2.08. The van der Waals surface area contributed by atoms with Gasteiger partial charge in [0.15, 0.2) is 5.82 Å². The van der Waals surface area contributed by atoms with E-state index in [1.165, 1.54) is 12.1 Å². The molecule has 25 heavy (non-hydrogen) atoms. The maximum Gasteiger partial charge on any atom is 0.396 e. The Morgan fingerprint density at radius 2 is 2.00 bits per heavy atom. The molecule has 0 aliphatic heterocycles. The van der Waals surface area contributed by atoms with Crippen LogP contribution in [0.15, 0.2) is 24.3 Å². The number of benzene rings is 1. The predicted octanol–water partition coefficient (Wildman–Crippen LogP) is 1.43. The monoisotopic (exact) mass is 375 g/mol. The summed E-state index contributed by atoms with van der Waals surface area (Å²) in [6.45, 7) is 0.347. The number of rotatable bonds is 6. The molecule has 0 fully saturated rings. The number of aromatic nitrogens is 2. The molecule has 0 radical (unpaired) electrons. The van der Waals surface area contributed by atoms with Crippen molar-refractivity contribution in [1.82, 2.24) is 9.36 Å². The van der Waals surface area contributed by atoms with Gasteiger partial charge in [-0.15, -0.1) is 0 Å². The van der Waals surface area contributed by atoms with Crippen LogP contribution < -0.4 is 15.8 Å². The first-order valence-corrected chi connectivity index (χ1v) is 7.85. The number of alkyl halides is 3. The van der Waals surface area contributed by atoms with Crippen molar-refractivity contribution < 1.29 is 33.2 Å². The average molecular weight is 375 g/mol. The molecule has 1 heterocycles. The quantitative estimate of drug-likeness (QED) is 0.586. The molecule has 0 aliphatic carbocycles. The maximum absolute atomic E-state index is 12.3. The Bertz CT molecular complexity index is 764. The number of ether oxygens (including phenoxy) is 1. The molecule has 0 aliphatic rings. The van der Waals surface area contributed by atoms with Crippen LogP contribution in [0.4, 0.5) is 18.3 Å². The number of amides is 1. The van der Waals surface area contributed by atoms with E-state index in [2.05, 4.69) is 20.4 Å². The van der Waals surface area contributed by atoms with Crippen molar-refractivity contribution in [3.63, 3.8) is 0 Å². The SMILES string of the molecule is [NH3+]CCC(=O)Oc1ccccc1C(=O)Nc1nc(CC(F)(F)F)ns1. The van der Waals surface area contributed by atoms with Crippen LogP contribution >= 0.6 is 11.5 Å². The first-order valence-electron chi connectivity index (χ1n) is 7.08. The van der Waals surface area contributed by atoms with Gasteiger partial charge in [-0.05, 0) is 12.1 Å². The second-order valence-electron chi connectivity index (χ2n) is 4.84. The zero-order valence-electron chi connectivity index (χ0n) is 12.8. The highest BCUT2D eigenvalue weighted by Crippen LogP contribution is 2.23. The van der Waals surface area contributed by atoms with E-state index in [-0.39, 0.29) is 22.9 Å². The summed E-state index contributed by atoms with van der Waals surface area (Å²) in [6.07, 6.45) is -5.62. The van der Waals surface area contributed by atoms with Crippen molar-refractivity contribution in [2.24, 2.45) is 0 Å². The summed E-state index contributed by atoms with van der Waals surface area (Å²) in [4.78, 5) is 27.5. The van der Waals surface area contributed by atoms with Gasteiger partial charge in [0.2, 0.25) is 5.13 Å². The molecule has 2 aromatic rings. The Hall–Kier alpha value is -2.53. The first kappa shape index (κ1) is 18.8. The number of para-hydroxylation sites is 1. The van der Waals surface area contributed by atoms with E-state index in [4.69, 9.17) is 4.74 Å². The van der Waals surface area contributed by atoms with Crippen LogP contribution in [0.3, 0.4) is 0 Å². The van der Waals surface area contributed by atoms with Gasteiger partial charge in [0.05, 0.1) is 18.5 Å². The number of carbonyl (C=O) groups excluding carboxylic acids is 2. The smallest absolute Gasteiger partial charge is 0.396 e. The van der Waals surface area contributed by atoms with Crippen molar-refractivity contribution in [3.05, 3.63) is 35.7 Å². The standard InChI is InChI=1S/C14H13F3N4O3S/c15-14(16,17)7-10-19-13(25-21-10)20-12(23)8-3-1-2-4-9(8)24-11(22)5-6-18/h1-4H,5-7,18H2,(H,19,20,21,23)/p+1. The van der Waals surface area contributed by atoms with E-state index >= 15 is 0 Å². The average Bonchev–Trinajstić information content (AvgIpc) is 2.92. The van der Waals surface area contributed by atoms with Crippen LogP contribution in [-0.4, -0.2) is 34.0 Å². The Labute approximate surface area is 144 Å². The van der Waals surface area contributed by atoms with Crippen molar-refractivity contribution in [3.8, 4) is 5.75 Å². The summed E-state index contributed by atoms with van der Waals surface area (Å²) in [5.41, 5.74) is 3.58. The topological polar surface area (TPSA) is 109 Å². The van der Waals surface area contributed by atoms with Crippen molar-refractivity contribution in [2.75, 3.05) is 11.9 Å². The van der Waals surface area contributed by atoms with E-state index in [1.54, 1.807) is 12.1 Å². The van der Waals surface area contributed by atoms with Gasteiger partial charge in [-0.3, -0.25) is 14.9 Å². The number of carbonyl (C=O) groups is 2. The number of nitrogens with zero attached hydrogens (tertiary/aromatic N) is 2. The van der Waals surface area contributed by atoms with Crippen LogP contribution in [0.1, 0.15) is 22.6 Å². The minimum atomic E-state index is -4.43. The summed E-state index contributed by atoms with van der Waals surface area (Å²) >= 11 is 0.632. The third-order valence-electron chi connectivity index (χ3n) is 2.78. The Balaban J connectivity index is 2.10. The largest absolute Gasteiger partial charge is 0.426 e. The van der Waals surface area contributed by atoms with Crippen LogP contribution in [0.5, 0.6) is 5.75 Å². The van der Waals surface area contributed by atoms with Crippen LogP contribution in [0.25, 0.3) is 0 Å². The molecule has 0 unspecified atom stereocenters. The molecule has 0 spiro atoms. The highest BCUT2D eigenvalue weighted by molar-refractivity contribution is 7.09. The number of esters is 1. The molecule has 0 atom stereocenters. The van der Waals surface area contributed by atoms with Gasteiger partial charge in [-0.1, -0.05) is 12.1 Å². The summed E-state index contributed by atoms with van der Waals surface area (Å²) in [7, 11) is 0. The third kappa shape index (κ3) is 5.80. The molecular formula is C14H14F3N4O3S+. The van der Waals surface area contributed by atoms with E-state index in [0.29, 0.717) is 18.1 Å². The highest BCUT2D eigenvalue weighted by Gasteiger charge is 2.30. The van der Waals surface area contributed by atoms with E-state index in [1.807, 2.05) is 0 Å². The van der Waals surface area contributed by atoms with Gasteiger partial charge in [-0.2, -0.15) is 17.5 Å². The van der Waals surface area contributed by atoms with Gasteiger partial charge in [-0.25, -0.2) is 4.98 Å². The van der Waals surface area contributed by atoms with Crippen molar-refractivity contribution in [2.45, 2.75) is 19.0 Å². The molecule has 1 amide bonds. The Morgan fingerprint density at radius 3 is 2.68 bits per heavy atom. The molecule has 11 heteroatoms. The van der Waals surface area contributed by atoms with Crippen molar-refractivity contribution >= 4 is 28.5 Å². The summed E-state index contributed by atoms with van der Waals surface area (Å²) in [6, 6.07) is 5.99. The molecule has 0 saturated heterocycles. The van der Waals surface area contributed by atoms with Gasteiger partial charge >= 0.3 is 12.1 Å². The lowest BCUT2D eigenvalue weighted by molar-refractivity contribution is -0.366. The Morgan fingerprint density at radius 1 is 1.28 bits per heavy atom. The van der Waals surface area contributed by atoms with Crippen molar-refractivity contribution in [1.29, 1.82) is 0 Å². The summed E-state index contributed by atoms with van der Waals surface area (Å²) in [5, 5.41) is 2.26. The zero-order valence-corrected chi connectivity index (χ0v) is 13.6. The molecule has 134 valence electrons. The fourth-order valence-electron chi connectivity index (χ4n) is 1.78. The minimum Gasteiger partial charge on any atom is -0.426 e. The lowest BCUT2D eigenvalue weighted by atomic mass is 10.2. The molecule has 2 rings (SSSR count). The van der Waals surface area contributed by atoms with E-state index in [0.717, 1.165) is 0 Å². The minimum absolute atomic E-state index is 0.0403. The van der Waals surface area contributed by atoms with E-state index in [9.17, 15) is 22.8 Å². The fourth-order valence-corrected chi connectivity index (χ4v) is 2.36.